The quantitative estimate of drug-likeness (QED) is 0.806. The minimum atomic E-state index is -0.529. The van der Waals surface area contributed by atoms with Crippen LogP contribution < -0.4 is 10.1 Å². The molecule has 2 aromatic carbocycles. The third kappa shape index (κ3) is 5.83. The lowest BCUT2D eigenvalue weighted by Gasteiger charge is -2.17. The predicted octanol–water partition coefficient (Wildman–Crippen LogP) is 3.98. The Balaban J connectivity index is 1.52. The Kier molecular flexibility index (Phi) is 6.51. The summed E-state index contributed by atoms with van der Waals surface area (Å²) in [5, 5.41) is 2.99. The Hall–Kier alpha value is -2.33. The molecule has 1 aliphatic heterocycles. The van der Waals surface area contributed by atoms with E-state index < -0.39 is 6.10 Å². The molecular weight excluding hydrogens is 336 g/mol. The molecule has 4 nitrogen and oxygen atoms in total. The molecule has 4 heteroatoms. The van der Waals surface area contributed by atoms with Gasteiger partial charge in [-0.3, -0.25) is 9.69 Å². The van der Waals surface area contributed by atoms with Crippen LogP contribution in [0.1, 0.15) is 42.0 Å². The standard InChI is InChI=1S/C23H30N2O2/c1-17-11-18(2)13-22(12-17)27-19(3)23(26)24-15-20-7-6-8-21(14-20)16-25-9-4-5-10-25/h6-8,11-14,19H,4-5,9-10,15-16H2,1-3H3,(H,24,26). The highest BCUT2D eigenvalue weighted by atomic mass is 16.5. The van der Waals surface area contributed by atoms with Gasteiger partial charge in [0, 0.05) is 13.1 Å². The first-order chi connectivity index (χ1) is 13.0. The van der Waals surface area contributed by atoms with Gasteiger partial charge in [-0.15, -0.1) is 0 Å². The molecule has 3 rings (SSSR count). The average molecular weight is 367 g/mol. The summed E-state index contributed by atoms with van der Waals surface area (Å²) in [7, 11) is 0. The first kappa shape index (κ1) is 19.4. The molecule has 0 aromatic heterocycles. The van der Waals surface area contributed by atoms with Crippen molar-refractivity contribution in [2.75, 3.05) is 13.1 Å². The molecule has 1 N–H and O–H groups in total. The van der Waals surface area contributed by atoms with E-state index in [0.29, 0.717) is 6.54 Å². The van der Waals surface area contributed by atoms with E-state index in [2.05, 4.69) is 40.5 Å². The summed E-state index contributed by atoms with van der Waals surface area (Å²) in [5.74, 6) is 0.641. The Morgan fingerprint density at radius 3 is 2.44 bits per heavy atom. The summed E-state index contributed by atoms with van der Waals surface area (Å²) < 4.78 is 5.82. The third-order valence-corrected chi connectivity index (χ3v) is 4.94. The highest BCUT2D eigenvalue weighted by molar-refractivity contribution is 5.80. The van der Waals surface area contributed by atoms with Crippen molar-refractivity contribution in [2.24, 2.45) is 0 Å². The molecule has 0 aliphatic carbocycles. The van der Waals surface area contributed by atoms with E-state index in [9.17, 15) is 4.79 Å². The molecule has 1 aliphatic rings. The van der Waals surface area contributed by atoms with Gasteiger partial charge in [0.1, 0.15) is 5.75 Å². The minimum absolute atomic E-state index is 0.0981. The topological polar surface area (TPSA) is 41.6 Å². The van der Waals surface area contributed by atoms with Gasteiger partial charge in [0.2, 0.25) is 0 Å². The molecule has 0 spiro atoms. The van der Waals surface area contributed by atoms with Crippen LogP contribution in [0.4, 0.5) is 0 Å². The number of aryl methyl sites for hydroxylation is 2. The molecule has 1 saturated heterocycles. The number of amides is 1. The first-order valence-corrected chi connectivity index (χ1v) is 9.82. The van der Waals surface area contributed by atoms with Crippen LogP contribution in [0.5, 0.6) is 5.75 Å². The third-order valence-electron chi connectivity index (χ3n) is 4.94. The Morgan fingerprint density at radius 1 is 1.07 bits per heavy atom. The molecular formula is C23H30N2O2. The van der Waals surface area contributed by atoms with Crippen LogP contribution in [0.3, 0.4) is 0 Å². The summed E-state index contributed by atoms with van der Waals surface area (Å²) in [6.07, 6.45) is 2.07. The van der Waals surface area contributed by atoms with Gasteiger partial charge in [0.15, 0.2) is 6.10 Å². The molecule has 1 amide bonds. The van der Waals surface area contributed by atoms with E-state index in [1.165, 1.54) is 31.5 Å². The van der Waals surface area contributed by atoms with Crippen LogP contribution in [-0.4, -0.2) is 30.0 Å². The number of ether oxygens (including phenoxy) is 1. The second-order valence-electron chi connectivity index (χ2n) is 7.60. The highest BCUT2D eigenvalue weighted by Gasteiger charge is 2.15. The fourth-order valence-electron chi connectivity index (χ4n) is 3.63. The van der Waals surface area contributed by atoms with Crippen molar-refractivity contribution in [3.8, 4) is 5.75 Å². The SMILES string of the molecule is Cc1cc(C)cc(OC(C)C(=O)NCc2cccc(CN3CCCC3)c2)c1. The van der Waals surface area contributed by atoms with Crippen molar-refractivity contribution in [1.29, 1.82) is 0 Å². The molecule has 1 atom stereocenters. The van der Waals surface area contributed by atoms with Crippen LogP contribution >= 0.6 is 0 Å². The molecule has 1 unspecified atom stereocenters. The fraction of sp³-hybridized carbons (Fsp3) is 0.435. The van der Waals surface area contributed by atoms with Gasteiger partial charge in [0.25, 0.3) is 5.91 Å². The van der Waals surface area contributed by atoms with Gasteiger partial charge < -0.3 is 10.1 Å². The van der Waals surface area contributed by atoms with Gasteiger partial charge in [-0.2, -0.15) is 0 Å². The number of carbonyl (C=O) groups is 1. The Bertz CT molecular complexity index is 761. The normalized spacial score (nSPS) is 15.5. The van der Waals surface area contributed by atoms with E-state index in [4.69, 9.17) is 4.74 Å². The monoisotopic (exact) mass is 366 g/mol. The van der Waals surface area contributed by atoms with Crippen molar-refractivity contribution < 1.29 is 9.53 Å². The number of benzene rings is 2. The van der Waals surface area contributed by atoms with E-state index in [1.807, 2.05) is 26.0 Å². The molecule has 2 aromatic rings. The van der Waals surface area contributed by atoms with Gasteiger partial charge in [-0.05, 0) is 81.1 Å². The molecule has 0 saturated carbocycles. The number of likely N-dealkylation sites (tertiary alicyclic amines) is 1. The van der Waals surface area contributed by atoms with Crippen molar-refractivity contribution in [2.45, 2.75) is 52.8 Å². The van der Waals surface area contributed by atoms with E-state index in [0.717, 1.165) is 29.0 Å². The number of nitrogens with one attached hydrogen (secondary N) is 1. The second-order valence-corrected chi connectivity index (χ2v) is 7.60. The van der Waals surface area contributed by atoms with Crippen molar-refractivity contribution in [3.63, 3.8) is 0 Å². The van der Waals surface area contributed by atoms with Gasteiger partial charge >= 0.3 is 0 Å². The first-order valence-electron chi connectivity index (χ1n) is 9.82. The summed E-state index contributed by atoms with van der Waals surface area (Å²) in [6.45, 7) is 9.74. The minimum Gasteiger partial charge on any atom is -0.481 e. The smallest absolute Gasteiger partial charge is 0.261 e. The fourth-order valence-corrected chi connectivity index (χ4v) is 3.63. The largest absolute Gasteiger partial charge is 0.481 e. The van der Waals surface area contributed by atoms with E-state index in [-0.39, 0.29) is 5.91 Å². The van der Waals surface area contributed by atoms with Crippen molar-refractivity contribution >= 4 is 5.91 Å². The number of hydrogen-bond donors (Lipinski definition) is 1. The Morgan fingerprint density at radius 2 is 1.74 bits per heavy atom. The number of rotatable bonds is 7. The second kappa shape index (κ2) is 9.05. The zero-order valence-electron chi connectivity index (χ0n) is 16.6. The van der Waals surface area contributed by atoms with E-state index in [1.54, 1.807) is 6.92 Å². The highest BCUT2D eigenvalue weighted by Crippen LogP contribution is 2.18. The summed E-state index contributed by atoms with van der Waals surface area (Å²) in [4.78, 5) is 14.9. The number of nitrogens with zero attached hydrogens (tertiary/aromatic N) is 1. The number of carbonyl (C=O) groups excluding carboxylic acids is 1. The molecule has 0 radical (unpaired) electrons. The summed E-state index contributed by atoms with van der Waals surface area (Å²) in [6, 6.07) is 14.5. The van der Waals surface area contributed by atoms with Crippen LogP contribution in [-0.2, 0) is 17.9 Å². The van der Waals surface area contributed by atoms with Crippen molar-refractivity contribution in [3.05, 3.63) is 64.7 Å². The zero-order valence-corrected chi connectivity index (χ0v) is 16.6. The van der Waals surface area contributed by atoms with Crippen LogP contribution in [0, 0.1) is 13.8 Å². The molecule has 144 valence electrons. The van der Waals surface area contributed by atoms with Gasteiger partial charge in [0.05, 0.1) is 0 Å². The molecule has 1 fully saturated rings. The van der Waals surface area contributed by atoms with Gasteiger partial charge in [-0.25, -0.2) is 0 Å². The average Bonchev–Trinajstić information content (AvgIpc) is 3.12. The summed E-state index contributed by atoms with van der Waals surface area (Å²) >= 11 is 0. The lowest BCUT2D eigenvalue weighted by atomic mass is 10.1. The van der Waals surface area contributed by atoms with Crippen LogP contribution in [0.25, 0.3) is 0 Å². The zero-order chi connectivity index (χ0) is 19.2. The molecule has 27 heavy (non-hydrogen) atoms. The van der Waals surface area contributed by atoms with Crippen molar-refractivity contribution in [1.82, 2.24) is 10.2 Å². The van der Waals surface area contributed by atoms with Gasteiger partial charge in [-0.1, -0.05) is 30.3 Å². The number of hydrogen-bond acceptors (Lipinski definition) is 3. The van der Waals surface area contributed by atoms with Crippen LogP contribution in [0.2, 0.25) is 0 Å². The Labute approximate surface area is 162 Å². The maximum Gasteiger partial charge on any atom is 0.261 e. The molecule has 1 heterocycles. The molecule has 0 bridgehead atoms. The maximum atomic E-state index is 12.4. The predicted molar refractivity (Wildman–Crippen MR) is 109 cm³/mol. The maximum absolute atomic E-state index is 12.4. The lowest BCUT2D eigenvalue weighted by molar-refractivity contribution is -0.127. The summed E-state index contributed by atoms with van der Waals surface area (Å²) in [5.41, 5.74) is 4.70. The van der Waals surface area contributed by atoms with Crippen LogP contribution in [0.15, 0.2) is 42.5 Å². The van der Waals surface area contributed by atoms with E-state index >= 15 is 0 Å². The lowest BCUT2D eigenvalue weighted by Crippen LogP contribution is -2.35.